The van der Waals surface area contributed by atoms with E-state index < -0.39 is 0 Å². The topological polar surface area (TPSA) is 63.4 Å². The van der Waals surface area contributed by atoms with Crippen molar-refractivity contribution >= 4 is 28.9 Å². The summed E-state index contributed by atoms with van der Waals surface area (Å²) in [5.74, 6) is -0.429. The summed E-state index contributed by atoms with van der Waals surface area (Å²) in [7, 11) is 0. The molecule has 1 aromatic carbocycles. The number of thioether (sulfide) groups is 1. The van der Waals surface area contributed by atoms with Crippen molar-refractivity contribution in [3.63, 3.8) is 0 Å². The van der Waals surface area contributed by atoms with Crippen molar-refractivity contribution in [1.29, 1.82) is 0 Å². The van der Waals surface area contributed by atoms with Gasteiger partial charge in [0.1, 0.15) is 18.5 Å². The molecule has 0 bridgehead atoms. The molecular weight excluding hydrogens is 305 g/mol. The van der Waals surface area contributed by atoms with Crippen molar-refractivity contribution < 1.29 is 9.18 Å². The molecule has 0 spiro atoms. The maximum atomic E-state index is 12.9. The predicted molar refractivity (Wildman–Crippen MR) is 82.2 cm³/mol. The molecule has 0 N–H and O–H groups in total. The molecule has 1 amide bonds. The Kier molecular flexibility index (Phi) is 4.01. The lowest BCUT2D eigenvalue weighted by Crippen LogP contribution is -2.29. The summed E-state index contributed by atoms with van der Waals surface area (Å²) in [6.45, 7) is 2.38. The van der Waals surface area contributed by atoms with E-state index in [1.807, 2.05) is 6.92 Å². The van der Waals surface area contributed by atoms with Crippen LogP contribution in [0.2, 0.25) is 0 Å². The molecule has 1 aromatic heterocycles. The molecule has 3 rings (SSSR count). The second-order valence-corrected chi connectivity index (χ2v) is 5.45. The monoisotopic (exact) mass is 317 g/mol. The minimum atomic E-state index is -0.308. The van der Waals surface area contributed by atoms with Gasteiger partial charge in [-0.2, -0.15) is 0 Å². The van der Waals surface area contributed by atoms with Crippen LogP contribution in [0.4, 0.5) is 4.39 Å². The standard InChI is InChI=1S/C14H12FN5OS/c1-2-20-13(21)12(7-10-3-5-11(15)6-4-10)22-14(20)18-19-8-16-17-9-19/h3-9H,2H2,1H3/b12-7-,18-14+. The number of carbonyl (C=O) groups excluding carboxylic acids is 1. The van der Waals surface area contributed by atoms with Crippen LogP contribution < -0.4 is 0 Å². The number of amidine groups is 1. The number of carbonyl (C=O) groups is 1. The Balaban J connectivity index is 1.91. The number of rotatable bonds is 3. The van der Waals surface area contributed by atoms with Gasteiger partial charge in [0.15, 0.2) is 5.17 Å². The van der Waals surface area contributed by atoms with Crippen LogP contribution in [0.5, 0.6) is 0 Å². The van der Waals surface area contributed by atoms with E-state index in [4.69, 9.17) is 0 Å². The van der Waals surface area contributed by atoms with E-state index in [-0.39, 0.29) is 11.7 Å². The largest absolute Gasteiger partial charge is 0.285 e. The first-order valence-corrected chi connectivity index (χ1v) is 7.39. The number of aromatic nitrogens is 3. The zero-order valence-electron chi connectivity index (χ0n) is 11.7. The number of benzene rings is 1. The number of likely N-dealkylation sites (N-methyl/N-ethyl adjacent to an activating group) is 1. The third kappa shape index (κ3) is 2.91. The summed E-state index contributed by atoms with van der Waals surface area (Å²) in [6, 6.07) is 5.98. The second kappa shape index (κ2) is 6.10. The average Bonchev–Trinajstić information content (AvgIpc) is 3.11. The maximum Gasteiger partial charge on any atom is 0.266 e. The Morgan fingerprint density at radius 2 is 1.95 bits per heavy atom. The molecule has 2 heterocycles. The molecule has 1 aliphatic heterocycles. The van der Waals surface area contributed by atoms with Crippen LogP contribution in [-0.4, -0.2) is 37.4 Å². The highest BCUT2D eigenvalue weighted by Gasteiger charge is 2.32. The van der Waals surface area contributed by atoms with Crippen molar-refractivity contribution in [2.45, 2.75) is 6.92 Å². The molecule has 8 heteroatoms. The van der Waals surface area contributed by atoms with Crippen LogP contribution >= 0.6 is 11.8 Å². The molecule has 1 fully saturated rings. The summed E-state index contributed by atoms with van der Waals surface area (Å²) < 4.78 is 14.4. The summed E-state index contributed by atoms with van der Waals surface area (Å²) in [6.07, 6.45) is 4.63. The number of nitrogens with zero attached hydrogens (tertiary/aromatic N) is 5. The van der Waals surface area contributed by atoms with Crippen molar-refractivity contribution in [3.05, 3.63) is 53.2 Å². The lowest BCUT2D eigenvalue weighted by atomic mass is 10.2. The zero-order chi connectivity index (χ0) is 15.5. The maximum absolute atomic E-state index is 12.9. The smallest absolute Gasteiger partial charge is 0.266 e. The van der Waals surface area contributed by atoms with Crippen molar-refractivity contribution in [2.75, 3.05) is 6.54 Å². The summed E-state index contributed by atoms with van der Waals surface area (Å²) in [5, 5.41) is 12.2. The molecule has 112 valence electrons. The van der Waals surface area contributed by atoms with Gasteiger partial charge < -0.3 is 0 Å². The van der Waals surface area contributed by atoms with Gasteiger partial charge in [-0.1, -0.05) is 12.1 Å². The van der Waals surface area contributed by atoms with Gasteiger partial charge in [-0.05, 0) is 42.5 Å². The lowest BCUT2D eigenvalue weighted by Gasteiger charge is -2.11. The molecule has 0 saturated carbocycles. The molecule has 0 radical (unpaired) electrons. The van der Waals surface area contributed by atoms with Gasteiger partial charge in [0.05, 0.1) is 4.91 Å². The van der Waals surface area contributed by atoms with Gasteiger partial charge >= 0.3 is 0 Å². The fourth-order valence-corrected chi connectivity index (χ4v) is 2.96. The molecule has 0 aliphatic carbocycles. The van der Waals surface area contributed by atoms with Gasteiger partial charge in [-0.3, -0.25) is 9.69 Å². The normalized spacial score (nSPS) is 18.6. The number of hydrogen-bond donors (Lipinski definition) is 0. The zero-order valence-corrected chi connectivity index (χ0v) is 12.5. The van der Waals surface area contributed by atoms with E-state index in [0.717, 1.165) is 5.56 Å². The SMILES string of the molecule is CCN1C(=O)/C(=C/c2ccc(F)cc2)S/C1=N/n1cnnc1. The van der Waals surface area contributed by atoms with Gasteiger partial charge in [-0.25, -0.2) is 9.07 Å². The van der Waals surface area contributed by atoms with E-state index in [1.54, 1.807) is 23.1 Å². The van der Waals surface area contributed by atoms with E-state index in [1.165, 1.54) is 41.2 Å². The van der Waals surface area contributed by atoms with Crippen LogP contribution in [0, 0.1) is 5.82 Å². The molecule has 0 unspecified atom stereocenters. The molecule has 1 aliphatic rings. The highest BCUT2D eigenvalue weighted by atomic mass is 32.2. The van der Waals surface area contributed by atoms with Gasteiger partial charge in [0.2, 0.25) is 0 Å². The number of halogens is 1. The van der Waals surface area contributed by atoms with Crippen LogP contribution in [0.3, 0.4) is 0 Å². The molecule has 6 nitrogen and oxygen atoms in total. The first-order chi connectivity index (χ1) is 10.7. The minimum absolute atomic E-state index is 0.122. The molecule has 1 saturated heterocycles. The van der Waals surface area contributed by atoms with E-state index >= 15 is 0 Å². The minimum Gasteiger partial charge on any atom is -0.285 e. The third-order valence-corrected chi connectivity index (χ3v) is 3.98. The van der Waals surface area contributed by atoms with Crippen LogP contribution in [-0.2, 0) is 4.79 Å². The fourth-order valence-electron chi connectivity index (χ4n) is 1.92. The Bertz CT molecular complexity index is 739. The second-order valence-electron chi connectivity index (χ2n) is 4.44. The lowest BCUT2D eigenvalue weighted by molar-refractivity contribution is -0.122. The number of amides is 1. The average molecular weight is 317 g/mol. The quantitative estimate of drug-likeness (QED) is 0.814. The fraction of sp³-hybridized carbons (Fsp3) is 0.143. The van der Waals surface area contributed by atoms with Crippen molar-refractivity contribution in [3.8, 4) is 0 Å². The molecule has 22 heavy (non-hydrogen) atoms. The molecular formula is C14H12FN5OS. The Hall–Kier alpha value is -2.48. The first-order valence-electron chi connectivity index (χ1n) is 6.58. The van der Waals surface area contributed by atoms with Gasteiger partial charge in [0.25, 0.3) is 5.91 Å². The molecule has 2 aromatic rings. The number of hydrogen-bond acceptors (Lipinski definition) is 5. The van der Waals surface area contributed by atoms with Crippen molar-refractivity contribution in [2.24, 2.45) is 5.10 Å². The van der Waals surface area contributed by atoms with Crippen LogP contribution in [0.15, 0.2) is 46.9 Å². The first kappa shape index (κ1) is 14.5. The Labute approximate surface area is 130 Å². The summed E-state index contributed by atoms with van der Waals surface area (Å²) >= 11 is 1.27. The van der Waals surface area contributed by atoms with Crippen molar-refractivity contribution in [1.82, 2.24) is 19.8 Å². The predicted octanol–water partition coefficient (Wildman–Crippen LogP) is 2.17. The Morgan fingerprint density at radius 3 is 2.59 bits per heavy atom. The highest BCUT2D eigenvalue weighted by Crippen LogP contribution is 2.32. The van der Waals surface area contributed by atoms with Crippen LogP contribution in [0.1, 0.15) is 12.5 Å². The summed E-state index contributed by atoms with van der Waals surface area (Å²) in [4.78, 5) is 14.5. The summed E-state index contributed by atoms with van der Waals surface area (Å²) in [5.41, 5.74) is 0.763. The third-order valence-electron chi connectivity index (χ3n) is 2.98. The highest BCUT2D eigenvalue weighted by molar-refractivity contribution is 8.18. The van der Waals surface area contributed by atoms with Crippen LogP contribution in [0.25, 0.3) is 6.08 Å². The van der Waals surface area contributed by atoms with Gasteiger partial charge in [-0.15, -0.1) is 15.3 Å². The van der Waals surface area contributed by atoms with Gasteiger partial charge in [0, 0.05) is 6.54 Å². The Morgan fingerprint density at radius 1 is 1.27 bits per heavy atom. The molecule has 0 atom stereocenters. The van der Waals surface area contributed by atoms with E-state index in [2.05, 4.69) is 15.3 Å². The van der Waals surface area contributed by atoms with E-state index in [0.29, 0.717) is 16.6 Å². The van der Waals surface area contributed by atoms with E-state index in [9.17, 15) is 9.18 Å².